The van der Waals surface area contributed by atoms with Gasteiger partial charge in [-0.3, -0.25) is 0 Å². The molecule has 0 N–H and O–H groups in total. The predicted molar refractivity (Wildman–Crippen MR) is 233 cm³/mol. The summed E-state index contributed by atoms with van der Waals surface area (Å²) in [6.45, 7) is 0. The van der Waals surface area contributed by atoms with Crippen molar-refractivity contribution in [1.82, 2.24) is 15.0 Å². The third kappa shape index (κ3) is 5.45. The van der Waals surface area contributed by atoms with E-state index >= 15 is 0 Å². The molecule has 4 saturated carbocycles. The highest BCUT2D eigenvalue weighted by molar-refractivity contribution is 6.22. The van der Waals surface area contributed by atoms with Gasteiger partial charge in [0.1, 0.15) is 11.2 Å². The van der Waals surface area contributed by atoms with Gasteiger partial charge >= 0.3 is 0 Å². The highest BCUT2D eigenvalue weighted by Crippen LogP contribution is 2.60. The van der Waals surface area contributed by atoms with Gasteiger partial charge in [-0.05, 0) is 112 Å². The van der Waals surface area contributed by atoms with Crippen molar-refractivity contribution in [3.05, 3.63) is 163 Å². The highest BCUT2D eigenvalue weighted by Gasteiger charge is 2.51. The second-order valence-electron chi connectivity index (χ2n) is 17.0. The van der Waals surface area contributed by atoms with Gasteiger partial charge in [-0.15, -0.1) is 0 Å². The Kier molecular flexibility index (Phi) is 7.38. The van der Waals surface area contributed by atoms with E-state index in [0.717, 1.165) is 83.3 Å². The minimum absolute atomic E-state index is 0.332. The lowest BCUT2D eigenvalue weighted by Crippen LogP contribution is -2.48. The fourth-order valence-corrected chi connectivity index (χ4v) is 11.4. The van der Waals surface area contributed by atoms with Crippen LogP contribution in [0.2, 0.25) is 0 Å². The number of hydrogen-bond donors (Lipinski definition) is 0. The lowest BCUT2D eigenvalue weighted by Gasteiger charge is -2.57. The van der Waals surface area contributed by atoms with Gasteiger partial charge in [0.15, 0.2) is 17.5 Å². The molecule has 7 aromatic carbocycles. The highest BCUT2D eigenvalue weighted by atomic mass is 16.3. The van der Waals surface area contributed by atoms with Gasteiger partial charge in [0, 0.05) is 32.8 Å². The molecule has 4 nitrogen and oxygen atoms in total. The van der Waals surface area contributed by atoms with E-state index in [0.29, 0.717) is 22.9 Å². The van der Waals surface area contributed by atoms with E-state index in [4.69, 9.17) is 19.4 Å². The summed E-state index contributed by atoms with van der Waals surface area (Å²) in [6, 6.07) is 56.1. The Morgan fingerprint density at radius 3 is 1.63 bits per heavy atom. The van der Waals surface area contributed by atoms with E-state index in [-0.39, 0.29) is 0 Å². The second-order valence-corrected chi connectivity index (χ2v) is 17.0. The van der Waals surface area contributed by atoms with E-state index in [9.17, 15) is 0 Å². The number of hydrogen-bond acceptors (Lipinski definition) is 4. The van der Waals surface area contributed by atoms with Gasteiger partial charge < -0.3 is 4.42 Å². The summed E-state index contributed by atoms with van der Waals surface area (Å²) < 4.78 is 6.76. The number of nitrogens with zero attached hydrogens (tertiary/aromatic N) is 3. The first-order chi connectivity index (χ1) is 28.1. The van der Waals surface area contributed by atoms with E-state index in [1.807, 2.05) is 12.1 Å². The minimum atomic E-state index is 0.332. The fourth-order valence-electron chi connectivity index (χ4n) is 11.4. The maximum atomic E-state index is 6.76. The van der Waals surface area contributed by atoms with Gasteiger partial charge in [0.2, 0.25) is 0 Å². The molecule has 57 heavy (non-hydrogen) atoms. The molecule has 0 radical (unpaired) electrons. The first-order valence-corrected chi connectivity index (χ1v) is 20.6. The predicted octanol–water partition coefficient (Wildman–Crippen LogP) is 13.8. The molecule has 4 aliphatic rings. The quantitative estimate of drug-likeness (QED) is 0.181. The minimum Gasteiger partial charge on any atom is -0.456 e. The van der Waals surface area contributed by atoms with Gasteiger partial charge in [-0.25, -0.2) is 15.0 Å². The molecule has 2 aromatic heterocycles. The number of fused-ring (bicyclic) bond motifs is 8. The van der Waals surface area contributed by atoms with Crippen LogP contribution in [0.15, 0.2) is 162 Å². The van der Waals surface area contributed by atoms with Crippen LogP contribution >= 0.6 is 0 Å². The van der Waals surface area contributed by atoms with E-state index in [2.05, 4.69) is 146 Å². The maximum Gasteiger partial charge on any atom is 0.164 e. The van der Waals surface area contributed by atoms with Crippen molar-refractivity contribution in [2.75, 3.05) is 0 Å². The lowest BCUT2D eigenvalue weighted by atomic mass is 9.48. The van der Waals surface area contributed by atoms with E-state index < -0.39 is 0 Å². The Bertz CT molecular complexity index is 3090. The third-order valence-electron chi connectivity index (χ3n) is 13.5. The lowest BCUT2D eigenvalue weighted by molar-refractivity contribution is -0.00518. The van der Waals surface area contributed by atoms with Crippen molar-refractivity contribution in [3.63, 3.8) is 0 Å². The van der Waals surface area contributed by atoms with Crippen molar-refractivity contribution in [2.24, 2.45) is 17.8 Å². The molecular weight excluding hydrogens is 695 g/mol. The second kappa shape index (κ2) is 12.8. The first-order valence-electron chi connectivity index (χ1n) is 20.6. The average molecular weight is 736 g/mol. The molecular formula is C53H41N3O. The zero-order valence-corrected chi connectivity index (χ0v) is 31.7. The van der Waals surface area contributed by atoms with Gasteiger partial charge in [-0.1, -0.05) is 140 Å². The topological polar surface area (TPSA) is 51.8 Å². The van der Waals surface area contributed by atoms with Crippen LogP contribution in [0.3, 0.4) is 0 Å². The van der Waals surface area contributed by atoms with Gasteiger partial charge in [-0.2, -0.15) is 0 Å². The average Bonchev–Trinajstić information content (AvgIpc) is 3.30. The molecule has 274 valence electrons. The molecule has 4 aliphatic carbocycles. The number of para-hydroxylation sites is 2. The largest absolute Gasteiger partial charge is 0.456 e. The molecule has 4 heteroatoms. The summed E-state index contributed by atoms with van der Waals surface area (Å²) in [7, 11) is 0. The molecule has 4 fully saturated rings. The molecule has 0 saturated heterocycles. The SMILES string of the molecule is c1ccc2cc(-c3nc(-c4ccc(C56CC7C[C@H](C5)C[C@@H](C7)C6)cc4)nc(-c4cccc5c6ccccc6oc6ccccc6c6ccccc6c45)n3)ccc2c1. The van der Waals surface area contributed by atoms with Crippen LogP contribution in [0.25, 0.3) is 88.4 Å². The Balaban J connectivity index is 1.12. The molecule has 0 aliphatic heterocycles. The summed E-state index contributed by atoms with van der Waals surface area (Å²) in [5, 5.41) is 8.74. The van der Waals surface area contributed by atoms with Crippen LogP contribution < -0.4 is 0 Å². The van der Waals surface area contributed by atoms with Gasteiger partial charge in [0.25, 0.3) is 0 Å². The standard InChI is InChI=1S/C53H41N3O/c1-2-11-38-29-39(21-20-36(38)10-1)51-54-50(37-22-24-40(25-23-37)53-30-33-26-34(31-53)28-35(27-33)32-53)55-52(56-51)46-17-9-16-45-43-14-6-8-19-48(43)57-47-18-7-5-13-42(47)41-12-3-4-15-44(41)49(45)46/h1-25,29,33-35H,26-28,30-32H2/t33-,34+,35?,53?. The smallest absolute Gasteiger partial charge is 0.164 e. The number of benzene rings is 7. The van der Waals surface area contributed by atoms with Crippen LogP contribution in [0, 0.1) is 17.8 Å². The van der Waals surface area contributed by atoms with Gasteiger partial charge in [0.05, 0.1) is 0 Å². The molecule has 9 aromatic rings. The van der Waals surface area contributed by atoms with Crippen LogP contribution in [0.1, 0.15) is 44.1 Å². The first kappa shape index (κ1) is 32.8. The maximum absolute atomic E-state index is 6.76. The molecule has 0 unspecified atom stereocenters. The van der Waals surface area contributed by atoms with E-state index in [1.165, 1.54) is 49.5 Å². The molecule has 0 atom stereocenters. The van der Waals surface area contributed by atoms with Crippen molar-refractivity contribution < 1.29 is 4.42 Å². The Morgan fingerprint density at radius 2 is 0.930 bits per heavy atom. The summed E-state index contributed by atoms with van der Waals surface area (Å²) in [5.74, 6) is 4.69. The zero-order chi connectivity index (χ0) is 37.5. The normalized spacial score (nSPS) is 21.2. The zero-order valence-electron chi connectivity index (χ0n) is 31.7. The molecule has 13 rings (SSSR count). The molecule has 2 heterocycles. The van der Waals surface area contributed by atoms with Crippen LogP contribution in [0.4, 0.5) is 0 Å². The van der Waals surface area contributed by atoms with Crippen LogP contribution in [-0.2, 0) is 5.41 Å². The van der Waals surface area contributed by atoms with Crippen molar-refractivity contribution >= 4 is 54.3 Å². The molecule has 4 bridgehead atoms. The summed E-state index contributed by atoms with van der Waals surface area (Å²) >= 11 is 0. The monoisotopic (exact) mass is 735 g/mol. The third-order valence-corrected chi connectivity index (χ3v) is 13.5. The Hall–Kier alpha value is -6.39. The van der Waals surface area contributed by atoms with Crippen molar-refractivity contribution in [3.8, 4) is 34.2 Å². The Labute approximate surface area is 331 Å². The fraction of sp³-hybridized carbons (Fsp3) is 0.189. The van der Waals surface area contributed by atoms with E-state index in [1.54, 1.807) is 0 Å². The summed E-state index contributed by atoms with van der Waals surface area (Å²) in [5.41, 5.74) is 6.40. The van der Waals surface area contributed by atoms with Crippen molar-refractivity contribution in [2.45, 2.75) is 43.9 Å². The number of aromatic nitrogens is 3. The molecule has 0 amide bonds. The van der Waals surface area contributed by atoms with Crippen LogP contribution in [-0.4, -0.2) is 15.0 Å². The van der Waals surface area contributed by atoms with Crippen LogP contribution in [0.5, 0.6) is 0 Å². The summed E-state index contributed by atoms with van der Waals surface area (Å²) in [4.78, 5) is 16.0. The molecule has 0 spiro atoms. The van der Waals surface area contributed by atoms with Crippen molar-refractivity contribution in [1.29, 1.82) is 0 Å². The summed E-state index contributed by atoms with van der Waals surface area (Å²) in [6.07, 6.45) is 8.38. The Morgan fingerprint density at radius 1 is 0.421 bits per heavy atom. The number of rotatable bonds is 4.